The first-order chi connectivity index (χ1) is 14.0. The van der Waals surface area contributed by atoms with Gasteiger partial charge in [0.1, 0.15) is 16.8 Å². The molecule has 150 valence electrons. The van der Waals surface area contributed by atoms with Crippen molar-refractivity contribution < 1.29 is 9.53 Å². The second-order valence-electron chi connectivity index (χ2n) is 6.87. The number of rotatable bonds is 5. The number of amides is 1. The Kier molecular flexibility index (Phi) is 5.44. The number of hydrogen-bond acceptors (Lipinski definition) is 6. The Morgan fingerprint density at radius 2 is 2.00 bits per heavy atom. The van der Waals surface area contributed by atoms with Gasteiger partial charge in [0.05, 0.1) is 12.6 Å². The third-order valence-electron chi connectivity index (χ3n) is 4.69. The van der Waals surface area contributed by atoms with Crippen molar-refractivity contribution in [3.63, 3.8) is 0 Å². The summed E-state index contributed by atoms with van der Waals surface area (Å²) in [5.74, 6) is 1.47. The molecule has 1 aliphatic heterocycles. The van der Waals surface area contributed by atoms with Gasteiger partial charge in [-0.3, -0.25) is 4.79 Å². The maximum absolute atomic E-state index is 13.2. The van der Waals surface area contributed by atoms with E-state index in [1.165, 1.54) is 11.8 Å². The van der Waals surface area contributed by atoms with E-state index in [-0.39, 0.29) is 11.9 Å². The fraction of sp³-hybridized carbons (Fsp3) is 0.286. The zero-order valence-electron chi connectivity index (χ0n) is 16.5. The number of aromatic nitrogens is 3. The molecule has 29 heavy (non-hydrogen) atoms. The van der Waals surface area contributed by atoms with E-state index in [1.54, 1.807) is 0 Å². The molecule has 0 bridgehead atoms. The Hall–Kier alpha value is -3.00. The molecule has 0 saturated heterocycles. The second kappa shape index (κ2) is 8.16. The van der Waals surface area contributed by atoms with Crippen molar-refractivity contribution in [2.75, 3.05) is 17.3 Å². The van der Waals surface area contributed by atoms with Crippen LogP contribution in [-0.2, 0) is 4.79 Å². The van der Waals surface area contributed by atoms with E-state index in [9.17, 15) is 4.79 Å². The van der Waals surface area contributed by atoms with Gasteiger partial charge < -0.3 is 15.5 Å². The fourth-order valence-electron chi connectivity index (χ4n) is 3.28. The molecule has 0 fully saturated rings. The summed E-state index contributed by atoms with van der Waals surface area (Å²) >= 11 is 1.41. The average Bonchev–Trinajstić information content (AvgIpc) is 3.08. The predicted molar refractivity (Wildman–Crippen MR) is 114 cm³/mol. The molecule has 2 atom stereocenters. The summed E-state index contributed by atoms with van der Waals surface area (Å²) in [6.45, 7) is 6.45. The van der Waals surface area contributed by atoms with Crippen LogP contribution in [-0.4, -0.2) is 32.6 Å². The van der Waals surface area contributed by atoms with Crippen LogP contribution in [0.25, 0.3) is 0 Å². The van der Waals surface area contributed by atoms with E-state index < -0.39 is 5.25 Å². The minimum absolute atomic E-state index is 0.0844. The highest BCUT2D eigenvalue weighted by Crippen LogP contribution is 2.37. The molecular weight excluding hydrogens is 386 g/mol. The van der Waals surface area contributed by atoms with Crippen LogP contribution >= 0.6 is 11.8 Å². The minimum Gasteiger partial charge on any atom is -0.494 e. The minimum atomic E-state index is -0.412. The van der Waals surface area contributed by atoms with E-state index in [2.05, 4.69) is 20.9 Å². The van der Waals surface area contributed by atoms with Crippen LogP contribution in [0.4, 0.5) is 5.69 Å². The first kappa shape index (κ1) is 19.3. The lowest BCUT2D eigenvalue weighted by Crippen LogP contribution is -2.41. The Morgan fingerprint density at radius 3 is 2.72 bits per heavy atom. The molecule has 4 rings (SSSR count). The fourth-order valence-corrected chi connectivity index (χ4v) is 4.41. The van der Waals surface area contributed by atoms with Gasteiger partial charge in [0.25, 0.3) is 0 Å². The van der Waals surface area contributed by atoms with Crippen molar-refractivity contribution in [2.45, 2.75) is 37.2 Å². The summed E-state index contributed by atoms with van der Waals surface area (Å²) in [5.41, 5.74) is 6.28. The molecule has 1 amide bonds. The van der Waals surface area contributed by atoms with Gasteiger partial charge in [-0.05, 0) is 56.2 Å². The number of aryl methyl sites for hydroxylation is 2. The summed E-state index contributed by atoms with van der Waals surface area (Å²) in [6, 6.07) is 15.4. The van der Waals surface area contributed by atoms with Crippen LogP contribution in [0.15, 0.2) is 53.7 Å². The molecule has 0 aliphatic carbocycles. The number of carbonyl (C=O) groups is 1. The van der Waals surface area contributed by atoms with Crippen LogP contribution in [0.2, 0.25) is 0 Å². The quantitative estimate of drug-likeness (QED) is 0.669. The van der Waals surface area contributed by atoms with Crippen LogP contribution < -0.4 is 15.5 Å². The molecule has 1 aromatic heterocycles. The number of nitrogens with zero attached hydrogens (tertiary/aromatic N) is 3. The third-order valence-corrected chi connectivity index (χ3v) is 5.91. The van der Waals surface area contributed by atoms with Gasteiger partial charge >= 0.3 is 0 Å². The molecule has 0 spiro atoms. The van der Waals surface area contributed by atoms with E-state index in [0.29, 0.717) is 11.8 Å². The summed E-state index contributed by atoms with van der Waals surface area (Å²) in [7, 11) is 0. The lowest BCUT2D eigenvalue weighted by molar-refractivity contribution is -0.116. The Bertz CT molecular complexity index is 1020. The summed E-state index contributed by atoms with van der Waals surface area (Å²) in [6.07, 6.45) is 0. The van der Waals surface area contributed by atoms with Gasteiger partial charge in [0.2, 0.25) is 11.1 Å². The molecule has 0 radical (unpaired) electrons. The predicted octanol–water partition coefficient (Wildman–Crippen LogP) is 3.69. The smallest absolute Gasteiger partial charge is 0.240 e. The van der Waals surface area contributed by atoms with Crippen LogP contribution in [0.3, 0.4) is 0 Å². The summed E-state index contributed by atoms with van der Waals surface area (Å²) < 4.78 is 7.38. The van der Waals surface area contributed by atoms with Crippen molar-refractivity contribution in [1.29, 1.82) is 0 Å². The summed E-state index contributed by atoms with van der Waals surface area (Å²) in [5, 5.41) is 11.6. The zero-order valence-corrected chi connectivity index (χ0v) is 17.4. The molecule has 1 aliphatic rings. The van der Waals surface area contributed by atoms with Crippen LogP contribution in [0.1, 0.15) is 29.9 Å². The summed E-state index contributed by atoms with van der Waals surface area (Å²) in [4.78, 5) is 13.2. The van der Waals surface area contributed by atoms with Gasteiger partial charge in [0.15, 0.2) is 0 Å². The number of thioether (sulfide) groups is 1. The SMILES string of the molecule is CCOc1ccc([C@@H]2Nn3c(C)nnc3S[C@@H]2C(=O)Nc2cccc(C)c2)cc1. The molecule has 2 heterocycles. The monoisotopic (exact) mass is 409 g/mol. The first-order valence-corrected chi connectivity index (χ1v) is 10.4. The topological polar surface area (TPSA) is 81.1 Å². The van der Waals surface area contributed by atoms with E-state index >= 15 is 0 Å². The van der Waals surface area contributed by atoms with Crippen molar-refractivity contribution in [2.24, 2.45) is 0 Å². The third kappa shape index (κ3) is 4.07. The molecule has 8 heteroatoms. The highest BCUT2D eigenvalue weighted by Gasteiger charge is 2.37. The maximum atomic E-state index is 13.2. The molecule has 0 unspecified atom stereocenters. The molecule has 2 aromatic carbocycles. The second-order valence-corrected chi connectivity index (χ2v) is 7.98. The molecule has 7 nitrogen and oxygen atoms in total. The largest absolute Gasteiger partial charge is 0.494 e. The van der Waals surface area contributed by atoms with Crippen molar-refractivity contribution in [3.8, 4) is 5.75 Å². The lowest BCUT2D eigenvalue weighted by atomic mass is 10.0. The van der Waals surface area contributed by atoms with Crippen LogP contribution in [0.5, 0.6) is 5.75 Å². The number of benzene rings is 2. The first-order valence-electron chi connectivity index (χ1n) is 9.50. The molecule has 3 aromatic rings. The standard InChI is InChI=1S/C21H23N5O2S/c1-4-28-17-10-8-15(9-11-17)18-19(29-21-24-23-14(3)26(21)25-18)20(27)22-16-7-5-6-13(2)12-16/h5-12,18-19,25H,4H2,1-3H3,(H,22,27)/t18-,19-/m0/s1. The zero-order chi connectivity index (χ0) is 20.4. The van der Waals surface area contributed by atoms with Crippen molar-refractivity contribution >= 4 is 23.4 Å². The Morgan fingerprint density at radius 1 is 1.21 bits per heavy atom. The van der Waals surface area contributed by atoms with Gasteiger partial charge in [-0.15, -0.1) is 10.2 Å². The Balaban J connectivity index is 1.64. The number of nitrogens with one attached hydrogen (secondary N) is 2. The van der Waals surface area contributed by atoms with Crippen molar-refractivity contribution in [1.82, 2.24) is 14.9 Å². The van der Waals surface area contributed by atoms with Crippen molar-refractivity contribution in [3.05, 3.63) is 65.5 Å². The van der Waals surface area contributed by atoms with Crippen LogP contribution in [0, 0.1) is 13.8 Å². The molecule has 0 saturated carbocycles. The number of ether oxygens (including phenoxy) is 1. The number of fused-ring (bicyclic) bond motifs is 1. The highest BCUT2D eigenvalue weighted by atomic mass is 32.2. The van der Waals surface area contributed by atoms with Gasteiger partial charge in [0, 0.05) is 5.69 Å². The van der Waals surface area contributed by atoms with Gasteiger partial charge in [-0.25, -0.2) is 4.68 Å². The number of anilines is 1. The Labute approximate surface area is 173 Å². The molecule has 2 N–H and O–H groups in total. The van der Waals surface area contributed by atoms with Gasteiger partial charge in [-0.2, -0.15) is 0 Å². The van der Waals surface area contributed by atoms with Gasteiger partial charge in [-0.1, -0.05) is 36.0 Å². The molecular formula is C21H23N5O2S. The van der Waals surface area contributed by atoms with E-state index in [4.69, 9.17) is 4.74 Å². The number of carbonyl (C=O) groups excluding carboxylic acids is 1. The average molecular weight is 410 g/mol. The maximum Gasteiger partial charge on any atom is 0.240 e. The number of hydrogen-bond donors (Lipinski definition) is 2. The van der Waals surface area contributed by atoms with E-state index in [0.717, 1.165) is 28.4 Å². The van der Waals surface area contributed by atoms with E-state index in [1.807, 2.05) is 74.0 Å². The normalized spacial score (nSPS) is 17.9. The highest BCUT2D eigenvalue weighted by molar-refractivity contribution is 8.00. The lowest BCUT2D eigenvalue weighted by Gasteiger charge is -2.32.